The van der Waals surface area contributed by atoms with Crippen molar-refractivity contribution in [3.8, 4) is 17.2 Å². The first kappa shape index (κ1) is 50.1. The zero-order valence-electron chi connectivity index (χ0n) is 40.8. The van der Waals surface area contributed by atoms with Crippen molar-refractivity contribution in [2.75, 3.05) is 29.6 Å². The van der Waals surface area contributed by atoms with Crippen LogP contribution in [0.25, 0.3) is 21.5 Å². The number of hydrogen-bond acceptors (Lipinski definition) is 13. The molecule has 0 heterocycles. The number of anilines is 3. The largest absolute Gasteiger partial charge is 0.505 e. The van der Waals surface area contributed by atoms with Gasteiger partial charge in [0.2, 0.25) is 0 Å². The third-order valence-electron chi connectivity index (χ3n) is 11.8. The number of aromatic hydroxyl groups is 1. The van der Waals surface area contributed by atoms with Crippen LogP contribution >= 0.6 is 0 Å². The van der Waals surface area contributed by atoms with Gasteiger partial charge in [0.05, 0.1) is 41.7 Å². The summed E-state index contributed by atoms with van der Waals surface area (Å²) in [6.45, 7) is 11.9. The minimum absolute atomic E-state index is 0.0206. The molecule has 72 heavy (non-hydrogen) atoms. The third-order valence-corrected chi connectivity index (χ3v) is 12.6. The number of rotatable bonds is 18. The van der Waals surface area contributed by atoms with Crippen molar-refractivity contribution >= 4 is 88.8 Å². The quantitative estimate of drug-likeness (QED) is 0.0368. The smallest absolute Gasteiger partial charge is 0.264 e. The third kappa shape index (κ3) is 12.5. The van der Waals surface area contributed by atoms with Crippen LogP contribution in [0.2, 0.25) is 0 Å². The Morgan fingerprint density at radius 2 is 1.11 bits per heavy atom. The Balaban J connectivity index is 0.987. The maximum atomic E-state index is 13.6. The van der Waals surface area contributed by atoms with E-state index in [4.69, 9.17) is 9.47 Å². The van der Waals surface area contributed by atoms with E-state index in [-0.39, 0.29) is 30.4 Å². The molecule has 0 radical (unpaired) electrons. The Hall–Kier alpha value is -8.34. The molecule has 0 aliphatic heterocycles. The van der Waals surface area contributed by atoms with Crippen LogP contribution in [-0.2, 0) is 10.1 Å². The van der Waals surface area contributed by atoms with E-state index < -0.39 is 15.9 Å². The van der Waals surface area contributed by atoms with Crippen LogP contribution in [0.15, 0.2) is 164 Å². The van der Waals surface area contributed by atoms with E-state index in [0.717, 1.165) is 56.4 Å². The fraction of sp³-hybridized carbons (Fsp3) is 0.196. The molecule has 1 amide bonds. The number of fused-ring (bicyclic) bond motifs is 2. The van der Waals surface area contributed by atoms with Gasteiger partial charge < -0.3 is 25.2 Å². The SMILES string of the molecule is CCCOc1ccc2ccc(NC(=O)c3cc(C)c(N=Nc4cc(OCCCS(=O)(=O)O)c(N=Nc5cc(C)c(N=Nc6ccc7cc(Nc8ccccc8)ccc7c6O)cc5C)cc4C)cc3C)cc2c1. The second-order valence-corrected chi connectivity index (χ2v) is 19.0. The van der Waals surface area contributed by atoms with E-state index >= 15 is 0 Å². The summed E-state index contributed by atoms with van der Waals surface area (Å²) in [5, 5.41) is 48.2. The van der Waals surface area contributed by atoms with Gasteiger partial charge in [-0.05, 0) is 182 Å². The number of azo groups is 3. The van der Waals surface area contributed by atoms with E-state index in [1.165, 1.54) is 0 Å². The summed E-state index contributed by atoms with van der Waals surface area (Å²) in [5.74, 6) is 0.324. The zero-order valence-corrected chi connectivity index (χ0v) is 41.6. The summed E-state index contributed by atoms with van der Waals surface area (Å²) in [7, 11) is -4.20. The highest BCUT2D eigenvalue weighted by Gasteiger charge is 2.16. The molecule has 0 fully saturated rings. The number of nitrogens with one attached hydrogen (secondary N) is 2. The van der Waals surface area contributed by atoms with Crippen molar-refractivity contribution in [3.63, 3.8) is 0 Å². The van der Waals surface area contributed by atoms with E-state index in [1.54, 1.807) is 30.3 Å². The molecular formula is C56H54N8O7S. The summed E-state index contributed by atoms with van der Waals surface area (Å²) in [5.41, 5.74) is 9.49. The highest BCUT2D eigenvalue weighted by molar-refractivity contribution is 7.85. The van der Waals surface area contributed by atoms with E-state index in [2.05, 4.69) is 48.2 Å². The molecule has 0 unspecified atom stereocenters. The van der Waals surface area contributed by atoms with Crippen molar-refractivity contribution in [1.29, 1.82) is 0 Å². The Kier molecular flexibility index (Phi) is 15.4. The van der Waals surface area contributed by atoms with Crippen LogP contribution in [0, 0.1) is 34.6 Å². The van der Waals surface area contributed by atoms with E-state index in [0.29, 0.717) is 68.5 Å². The lowest BCUT2D eigenvalue weighted by atomic mass is 10.0. The number of hydrogen-bond donors (Lipinski definition) is 4. The number of nitrogens with zero attached hydrogens (tertiary/aromatic N) is 6. The number of amides is 1. The number of aryl methyl sites for hydroxylation is 5. The average molecular weight is 983 g/mol. The molecule has 15 nitrogen and oxygen atoms in total. The van der Waals surface area contributed by atoms with Gasteiger partial charge in [0, 0.05) is 34.1 Å². The van der Waals surface area contributed by atoms with Crippen LogP contribution in [0.5, 0.6) is 17.2 Å². The summed E-state index contributed by atoms with van der Waals surface area (Å²) in [4.78, 5) is 13.6. The molecule has 16 heteroatoms. The van der Waals surface area contributed by atoms with Gasteiger partial charge in [-0.15, -0.1) is 10.2 Å². The van der Waals surface area contributed by atoms with Crippen molar-refractivity contribution in [1.82, 2.24) is 0 Å². The molecule has 0 bridgehead atoms. The normalized spacial score (nSPS) is 11.9. The first-order valence-electron chi connectivity index (χ1n) is 23.4. The molecule has 8 aromatic rings. The van der Waals surface area contributed by atoms with Crippen LogP contribution in [0.1, 0.15) is 57.9 Å². The van der Waals surface area contributed by atoms with Gasteiger partial charge in [0.25, 0.3) is 16.0 Å². The summed E-state index contributed by atoms with van der Waals surface area (Å²) < 4.78 is 44.1. The van der Waals surface area contributed by atoms with Crippen molar-refractivity contribution in [3.05, 3.63) is 167 Å². The number of carbonyl (C=O) groups excluding carboxylic acids is 1. The van der Waals surface area contributed by atoms with Gasteiger partial charge in [-0.25, -0.2) is 0 Å². The van der Waals surface area contributed by atoms with E-state index in [1.807, 2.05) is 138 Å². The van der Waals surface area contributed by atoms with E-state index in [9.17, 15) is 22.9 Å². The number of ether oxygens (including phenoxy) is 2. The Morgan fingerprint density at radius 3 is 1.79 bits per heavy atom. The summed E-state index contributed by atoms with van der Waals surface area (Å²) in [6.07, 6.45) is 0.925. The fourth-order valence-electron chi connectivity index (χ4n) is 7.82. The summed E-state index contributed by atoms with van der Waals surface area (Å²) in [6, 6.07) is 41.5. The van der Waals surface area contributed by atoms with Gasteiger partial charge in [-0.2, -0.15) is 28.9 Å². The number of phenols is 1. The first-order valence-corrected chi connectivity index (χ1v) is 25.0. The zero-order chi connectivity index (χ0) is 50.9. The first-order chi connectivity index (χ1) is 34.6. The Morgan fingerprint density at radius 1 is 0.542 bits per heavy atom. The maximum Gasteiger partial charge on any atom is 0.264 e. The molecule has 0 aliphatic carbocycles. The van der Waals surface area contributed by atoms with Gasteiger partial charge in [0.15, 0.2) is 5.75 Å². The van der Waals surface area contributed by atoms with Crippen molar-refractivity contribution < 1.29 is 32.3 Å². The molecule has 8 rings (SSSR count). The molecular weight excluding hydrogens is 929 g/mol. The van der Waals surface area contributed by atoms with Crippen LogP contribution in [-0.4, -0.2) is 43.0 Å². The molecule has 0 saturated carbocycles. The molecule has 0 saturated heterocycles. The van der Waals surface area contributed by atoms with Crippen LogP contribution in [0.3, 0.4) is 0 Å². The number of benzene rings is 8. The molecule has 8 aromatic carbocycles. The molecule has 366 valence electrons. The highest BCUT2D eigenvalue weighted by Crippen LogP contribution is 2.40. The van der Waals surface area contributed by atoms with Crippen LogP contribution in [0.4, 0.5) is 51.2 Å². The van der Waals surface area contributed by atoms with Crippen LogP contribution < -0.4 is 20.1 Å². The second kappa shape index (κ2) is 22.2. The predicted molar refractivity (Wildman–Crippen MR) is 285 cm³/mol. The highest BCUT2D eigenvalue weighted by atomic mass is 32.2. The molecule has 0 aromatic heterocycles. The molecule has 0 aliphatic rings. The molecule has 4 N–H and O–H groups in total. The van der Waals surface area contributed by atoms with Gasteiger partial charge in [0.1, 0.15) is 22.9 Å². The van der Waals surface area contributed by atoms with Crippen molar-refractivity contribution in [2.24, 2.45) is 30.7 Å². The van der Waals surface area contributed by atoms with Crippen molar-refractivity contribution in [2.45, 2.75) is 54.4 Å². The Labute approximate surface area is 418 Å². The maximum absolute atomic E-state index is 13.6. The minimum Gasteiger partial charge on any atom is -0.505 e. The second-order valence-electron chi connectivity index (χ2n) is 17.5. The number of carbonyl (C=O) groups is 1. The summed E-state index contributed by atoms with van der Waals surface area (Å²) >= 11 is 0. The van der Waals surface area contributed by atoms with Gasteiger partial charge in [-0.1, -0.05) is 43.3 Å². The van der Waals surface area contributed by atoms with Gasteiger partial charge in [-0.3, -0.25) is 9.35 Å². The lowest BCUT2D eigenvalue weighted by Crippen LogP contribution is -2.13. The number of phenolic OH excluding ortho intramolecular Hbond substituents is 1. The predicted octanol–water partition coefficient (Wildman–Crippen LogP) is 15.9. The standard InChI is InChI=1S/C56H54N8O7S/c1-7-22-70-45-19-15-39-14-17-44(31-41(39)32-45)58-56(66)47-25-35(3)49(26-34(47)2)61-63-52-33-54(71-23-11-24-72(67,68)69)53(29-38(52)6)64-62-51-28-36(4)50(27-37(51)5)60-59-48-21-16-40-30-43(18-20-46(40)55(48)65)57-42-12-9-8-10-13-42/h8-10,12-21,25-33,57,65H,7,11,22-24H2,1-6H3,(H,58,66)(H,67,68,69). The minimum atomic E-state index is -4.20. The number of para-hydroxylation sites is 1. The monoisotopic (exact) mass is 982 g/mol. The lowest BCUT2D eigenvalue weighted by molar-refractivity contribution is 0.102. The Bertz CT molecular complexity index is 3540. The van der Waals surface area contributed by atoms with Gasteiger partial charge >= 0.3 is 0 Å². The fourth-order valence-corrected chi connectivity index (χ4v) is 8.31. The average Bonchev–Trinajstić information content (AvgIpc) is 3.35. The topological polar surface area (TPSA) is 208 Å². The lowest BCUT2D eigenvalue weighted by Gasteiger charge is -2.12. The molecule has 0 spiro atoms. The molecule has 0 atom stereocenters.